The van der Waals surface area contributed by atoms with E-state index >= 15 is 0 Å². The van der Waals surface area contributed by atoms with Gasteiger partial charge >= 0.3 is 0 Å². The van der Waals surface area contributed by atoms with Gasteiger partial charge in [0.1, 0.15) is 11.4 Å². The molecular formula is C16H21N3O2. The van der Waals surface area contributed by atoms with Crippen LogP contribution < -0.4 is 4.74 Å². The lowest BCUT2D eigenvalue weighted by Gasteiger charge is -2.21. The second kappa shape index (κ2) is 6.26. The molecule has 21 heavy (non-hydrogen) atoms. The van der Waals surface area contributed by atoms with Gasteiger partial charge in [0, 0.05) is 12.2 Å². The standard InChI is InChI=1S/C16H21N3O2/c1-12-9-13(20-2)6-7-15(12)16-11-19(18-17-16)10-14-5-3-4-8-21-14/h6-7,9,11,14H,3-5,8,10H2,1-2H3. The summed E-state index contributed by atoms with van der Waals surface area (Å²) in [5.74, 6) is 0.860. The molecule has 2 aromatic rings. The summed E-state index contributed by atoms with van der Waals surface area (Å²) in [7, 11) is 1.68. The van der Waals surface area contributed by atoms with Crippen molar-refractivity contribution in [1.82, 2.24) is 15.0 Å². The zero-order valence-electron chi connectivity index (χ0n) is 12.6. The Labute approximate surface area is 124 Å². The summed E-state index contributed by atoms with van der Waals surface area (Å²) in [5.41, 5.74) is 3.12. The molecule has 0 spiro atoms. The van der Waals surface area contributed by atoms with Crippen LogP contribution in [0.4, 0.5) is 0 Å². The van der Waals surface area contributed by atoms with Gasteiger partial charge in [-0.3, -0.25) is 0 Å². The highest BCUT2D eigenvalue weighted by Gasteiger charge is 2.16. The van der Waals surface area contributed by atoms with E-state index in [1.807, 2.05) is 29.1 Å². The van der Waals surface area contributed by atoms with Crippen LogP contribution >= 0.6 is 0 Å². The van der Waals surface area contributed by atoms with Crippen LogP contribution in [0.25, 0.3) is 11.3 Å². The highest BCUT2D eigenvalue weighted by molar-refractivity contribution is 5.63. The van der Waals surface area contributed by atoms with Gasteiger partial charge in [-0.25, -0.2) is 4.68 Å². The Morgan fingerprint density at radius 2 is 2.29 bits per heavy atom. The number of aromatic nitrogens is 3. The lowest BCUT2D eigenvalue weighted by molar-refractivity contribution is 0.00370. The highest BCUT2D eigenvalue weighted by atomic mass is 16.5. The molecule has 1 aromatic heterocycles. The predicted molar refractivity (Wildman–Crippen MR) is 80.3 cm³/mol. The Bertz CT molecular complexity index is 603. The number of methoxy groups -OCH3 is 1. The smallest absolute Gasteiger partial charge is 0.119 e. The van der Waals surface area contributed by atoms with Gasteiger partial charge in [-0.05, 0) is 49.9 Å². The minimum Gasteiger partial charge on any atom is -0.497 e. The number of aryl methyl sites for hydroxylation is 1. The molecule has 1 saturated heterocycles. The van der Waals surface area contributed by atoms with Crippen molar-refractivity contribution in [2.24, 2.45) is 0 Å². The van der Waals surface area contributed by atoms with E-state index in [1.54, 1.807) is 7.11 Å². The molecule has 0 aliphatic carbocycles. The quantitative estimate of drug-likeness (QED) is 0.867. The van der Waals surface area contributed by atoms with Crippen molar-refractivity contribution in [3.8, 4) is 17.0 Å². The number of rotatable bonds is 4. The highest BCUT2D eigenvalue weighted by Crippen LogP contribution is 2.25. The Balaban J connectivity index is 1.75. The maximum absolute atomic E-state index is 5.75. The molecule has 1 unspecified atom stereocenters. The van der Waals surface area contributed by atoms with Gasteiger partial charge in [-0.2, -0.15) is 0 Å². The first-order chi connectivity index (χ1) is 10.3. The number of benzene rings is 1. The monoisotopic (exact) mass is 287 g/mol. The van der Waals surface area contributed by atoms with Gasteiger partial charge in [0.25, 0.3) is 0 Å². The molecule has 0 N–H and O–H groups in total. The van der Waals surface area contributed by atoms with Crippen LogP contribution in [0.1, 0.15) is 24.8 Å². The third-order valence-electron chi connectivity index (χ3n) is 3.91. The van der Waals surface area contributed by atoms with Crippen molar-refractivity contribution in [3.05, 3.63) is 30.0 Å². The van der Waals surface area contributed by atoms with Crippen molar-refractivity contribution in [3.63, 3.8) is 0 Å². The number of nitrogens with zero attached hydrogens (tertiary/aromatic N) is 3. The van der Waals surface area contributed by atoms with E-state index in [9.17, 15) is 0 Å². The molecule has 3 rings (SSSR count). The second-order valence-corrected chi connectivity index (χ2v) is 5.50. The first-order valence-corrected chi connectivity index (χ1v) is 7.43. The van der Waals surface area contributed by atoms with Crippen LogP contribution in [0.5, 0.6) is 5.75 Å². The lowest BCUT2D eigenvalue weighted by Crippen LogP contribution is -2.24. The minimum atomic E-state index is 0.269. The molecule has 1 fully saturated rings. The van der Waals surface area contributed by atoms with E-state index in [4.69, 9.17) is 9.47 Å². The average molecular weight is 287 g/mol. The van der Waals surface area contributed by atoms with Crippen LogP contribution in [0.15, 0.2) is 24.4 Å². The number of ether oxygens (including phenoxy) is 2. The van der Waals surface area contributed by atoms with E-state index in [1.165, 1.54) is 12.8 Å². The summed E-state index contributed by atoms with van der Waals surface area (Å²) in [4.78, 5) is 0. The van der Waals surface area contributed by atoms with Crippen LogP contribution in [-0.2, 0) is 11.3 Å². The molecule has 0 bridgehead atoms. The minimum absolute atomic E-state index is 0.269. The topological polar surface area (TPSA) is 49.2 Å². The Morgan fingerprint density at radius 1 is 1.38 bits per heavy atom. The number of hydrogen-bond acceptors (Lipinski definition) is 4. The van der Waals surface area contributed by atoms with Gasteiger partial charge in [0.2, 0.25) is 0 Å². The molecule has 0 amide bonds. The average Bonchev–Trinajstić information content (AvgIpc) is 2.96. The van der Waals surface area contributed by atoms with Crippen LogP contribution in [0.2, 0.25) is 0 Å². The van der Waals surface area contributed by atoms with Gasteiger partial charge in [-0.1, -0.05) is 5.21 Å². The normalized spacial score (nSPS) is 18.7. The fourth-order valence-electron chi connectivity index (χ4n) is 2.72. The van der Waals surface area contributed by atoms with Crippen molar-refractivity contribution in [2.45, 2.75) is 38.8 Å². The van der Waals surface area contributed by atoms with Crippen molar-refractivity contribution >= 4 is 0 Å². The molecule has 5 heteroatoms. The van der Waals surface area contributed by atoms with E-state index < -0.39 is 0 Å². The largest absolute Gasteiger partial charge is 0.497 e. The molecule has 112 valence electrons. The van der Waals surface area contributed by atoms with Crippen LogP contribution in [0.3, 0.4) is 0 Å². The summed E-state index contributed by atoms with van der Waals surface area (Å²) in [6.45, 7) is 3.70. The first kappa shape index (κ1) is 14.1. The summed E-state index contributed by atoms with van der Waals surface area (Å²) >= 11 is 0. The maximum atomic E-state index is 5.75. The Morgan fingerprint density at radius 3 is 3.00 bits per heavy atom. The summed E-state index contributed by atoms with van der Waals surface area (Å²) in [6.07, 6.45) is 5.78. The Kier molecular flexibility index (Phi) is 4.20. The first-order valence-electron chi connectivity index (χ1n) is 7.43. The predicted octanol–water partition coefficient (Wildman–Crippen LogP) is 2.83. The fourth-order valence-corrected chi connectivity index (χ4v) is 2.72. The van der Waals surface area contributed by atoms with Gasteiger partial charge in [0.15, 0.2) is 0 Å². The zero-order chi connectivity index (χ0) is 14.7. The molecule has 1 aliphatic heterocycles. The van der Waals surface area contributed by atoms with Gasteiger partial charge in [0.05, 0.1) is 26.0 Å². The van der Waals surface area contributed by atoms with Crippen LogP contribution in [0, 0.1) is 6.92 Å². The van der Waals surface area contributed by atoms with Crippen molar-refractivity contribution in [2.75, 3.05) is 13.7 Å². The van der Waals surface area contributed by atoms with Gasteiger partial charge in [-0.15, -0.1) is 5.10 Å². The Hall–Kier alpha value is -1.88. The molecule has 1 aliphatic rings. The maximum Gasteiger partial charge on any atom is 0.119 e. The van der Waals surface area contributed by atoms with E-state index in [0.29, 0.717) is 0 Å². The van der Waals surface area contributed by atoms with Crippen LogP contribution in [-0.4, -0.2) is 34.8 Å². The van der Waals surface area contributed by atoms with Gasteiger partial charge < -0.3 is 9.47 Å². The number of hydrogen-bond donors (Lipinski definition) is 0. The SMILES string of the molecule is COc1ccc(-c2cn(CC3CCCCO3)nn2)c(C)c1. The molecular weight excluding hydrogens is 266 g/mol. The summed E-state index contributed by atoms with van der Waals surface area (Å²) in [6, 6.07) is 5.99. The molecule has 2 heterocycles. The second-order valence-electron chi connectivity index (χ2n) is 5.50. The van der Waals surface area contributed by atoms with E-state index in [0.717, 1.165) is 42.1 Å². The molecule has 0 saturated carbocycles. The van der Waals surface area contributed by atoms with Crippen molar-refractivity contribution < 1.29 is 9.47 Å². The molecule has 1 aromatic carbocycles. The molecule has 5 nitrogen and oxygen atoms in total. The summed E-state index contributed by atoms with van der Waals surface area (Å²) in [5, 5.41) is 8.51. The fraction of sp³-hybridized carbons (Fsp3) is 0.500. The zero-order valence-corrected chi connectivity index (χ0v) is 12.6. The van der Waals surface area contributed by atoms with Crippen molar-refractivity contribution in [1.29, 1.82) is 0 Å². The summed E-state index contributed by atoms with van der Waals surface area (Å²) < 4.78 is 12.9. The lowest BCUT2D eigenvalue weighted by atomic mass is 10.1. The third kappa shape index (κ3) is 3.24. The molecule has 1 atom stereocenters. The van der Waals surface area contributed by atoms with E-state index in [2.05, 4.69) is 17.2 Å². The van der Waals surface area contributed by atoms with E-state index in [-0.39, 0.29) is 6.10 Å². The molecule has 0 radical (unpaired) electrons. The third-order valence-corrected chi connectivity index (χ3v) is 3.91.